The van der Waals surface area contributed by atoms with Gasteiger partial charge in [-0.05, 0) is 42.5 Å². The molecule has 31 heavy (non-hydrogen) atoms. The van der Waals surface area contributed by atoms with E-state index < -0.39 is 11.9 Å². The van der Waals surface area contributed by atoms with E-state index in [0.717, 1.165) is 11.3 Å². The topological polar surface area (TPSA) is 97.1 Å². The van der Waals surface area contributed by atoms with E-state index in [1.807, 2.05) is 36.4 Å². The first kappa shape index (κ1) is 19.8. The third-order valence-corrected chi connectivity index (χ3v) is 4.51. The molecule has 152 valence electrons. The average molecular weight is 410 g/mol. The first-order valence-corrected chi connectivity index (χ1v) is 9.49. The smallest absolute Gasteiger partial charge is 0.352 e. The van der Waals surface area contributed by atoms with Crippen molar-refractivity contribution in [3.05, 3.63) is 108 Å². The Morgan fingerprint density at radius 2 is 1.65 bits per heavy atom. The zero-order chi connectivity index (χ0) is 21.6. The first-order chi connectivity index (χ1) is 15.1. The summed E-state index contributed by atoms with van der Waals surface area (Å²) in [4.78, 5) is 28.5. The number of carboxylic acids is 1. The molecule has 0 spiro atoms. The number of rotatable bonds is 6. The standard InChI is InChI=1S/C24H18N4O3/c29-23(17-8-3-1-4-9-17)26-21(24(30)31)14-19-16-28(20-11-5-2-6-12-20)27-22(19)18-10-7-13-25-15-18/h1-16H,(H,26,29)(H,30,31)/b21-14-. The van der Waals surface area contributed by atoms with E-state index in [0.29, 0.717) is 16.8 Å². The van der Waals surface area contributed by atoms with Gasteiger partial charge in [0.2, 0.25) is 0 Å². The zero-order valence-corrected chi connectivity index (χ0v) is 16.3. The highest BCUT2D eigenvalue weighted by Crippen LogP contribution is 2.25. The molecule has 0 unspecified atom stereocenters. The molecule has 0 aliphatic rings. The number of carboxylic acid groups (broad SMARTS) is 1. The van der Waals surface area contributed by atoms with Crippen LogP contribution in [0.25, 0.3) is 23.0 Å². The molecular weight excluding hydrogens is 392 g/mol. The number of nitrogens with one attached hydrogen (secondary N) is 1. The molecule has 0 radical (unpaired) electrons. The van der Waals surface area contributed by atoms with Gasteiger partial charge in [0.15, 0.2) is 0 Å². The summed E-state index contributed by atoms with van der Waals surface area (Å²) in [6.07, 6.45) is 6.42. The third kappa shape index (κ3) is 4.56. The van der Waals surface area contributed by atoms with Gasteiger partial charge in [0, 0.05) is 35.3 Å². The highest BCUT2D eigenvalue weighted by atomic mass is 16.4. The molecule has 1 amide bonds. The SMILES string of the molecule is O=C(O)/C(=C/c1cn(-c2ccccc2)nc1-c1cccnc1)NC(=O)c1ccccc1. The number of nitrogens with zero attached hydrogens (tertiary/aromatic N) is 3. The van der Waals surface area contributed by atoms with E-state index in [2.05, 4.69) is 15.4 Å². The van der Waals surface area contributed by atoms with Crippen molar-refractivity contribution in [3.63, 3.8) is 0 Å². The van der Waals surface area contributed by atoms with Crippen LogP contribution in [-0.4, -0.2) is 31.7 Å². The first-order valence-electron chi connectivity index (χ1n) is 9.49. The molecule has 0 saturated heterocycles. The van der Waals surface area contributed by atoms with Crippen LogP contribution in [0, 0.1) is 0 Å². The Hall–Kier alpha value is -4.52. The number of aliphatic carboxylic acids is 1. The third-order valence-electron chi connectivity index (χ3n) is 4.51. The Bertz CT molecular complexity index is 1230. The molecule has 0 aliphatic carbocycles. The molecule has 7 heteroatoms. The minimum Gasteiger partial charge on any atom is -0.477 e. The number of pyridine rings is 1. The van der Waals surface area contributed by atoms with Crippen molar-refractivity contribution in [2.24, 2.45) is 0 Å². The minimum absolute atomic E-state index is 0.258. The fourth-order valence-corrected chi connectivity index (χ4v) is 3.02. The molecule has 0 fully saturated rings. The van der Waals surface area contributed by atoms with Crippen LogP contribution >= 0.6 is 0 Å². The van der Waals surface area contributed by atoms with Crippen molar-refractivity contribution in [3.8, 4) is 16.9 Å². The molecule has 0 aliphatic heterocycles. The van der Waals surface area contributed by atoms with Crippen molar-refractivity contribution in [2.75, 3.05) is 0 Å². The van der Waals surface area contributed by atoms with Crippen molar-refractivity contribution >= 4 is 18.0 Å². The molecule has 0 atom stereocenters. The predicted octanol–water partition coefficient (Wildman–Crippen LogP) is 3.79. The maximum atomic E-state index is 12.5. The molecule has 4 aromatic rings. The zero-order valence-electron chi connectivity index (χ0n) is 16.3. The average Bonchev–Trinajstić information content (AvgIpc) is 3.24. The van der Waals surface area contributed by atoms with Gasteiger partial charge in [-0.2, -0.15) is 5.10 Å². The van der Waals surface area contributed by atoms with Crippen molar-refractivity contribution < 1.29 is 14.7 Å². The lowest BCUT2D eigenvalue weighted by Gasteiger charge is -2.06. The van der Waals surface area contributed by atoms with Crippen LogP contribution in [0.1, 0.15) is 15.9 Å². The number of hydrogen-bond donors (Lipinski definition) is 2. The number of carbonyl (C=O) groups excluding carboxylic acids is 1. The van der Waals surface area contributed by atoms with Gasteiger partial charge >= 0.3 is 5.97 Å². The predicted molar refractivity (Wildman–Crippen MR) is 116 cm³/mol. The number of carbonyl (C=O) groups is 2. The summed E-state index contributed by atoms with van der Waals surface area (Å²) in [5.74, 6) is -1.76. The Morgan fingerprint density at radius 3 is 2.29 bits per heavy atom. The molecule has 0 saturated carbocycles. The van der Waals surface area contributed by atoms with Gasteiger partial charge in [-0.3, -0.25) is 9.78 Å². The van der Waals surface area contributed by atoms with E-state index in [1.54, 1.807) is 59.7 Å². The van der Waals surface area contributed by atoms with Crippen LogP contribution in [0.3, 0.4) is 0 Å². The van der Waals surface area contributed by atoms with Crippen LogP contribution in [0.5, 0.6) is 0 Å². The molecular formula is C24H18N4O3. The van der Waals surface area contributed by atoms with Crippen molar-refractivity contribution in [1.82, 2.24) is 20.1 Å². The molecule has 2 aromatic heterocycles. The molecule has 2 aromatic carbocycles. The maximum absolute atomic E-state index is 12.5. The van der Waals surface area contributed by atoms with Gasteiger partial charge in [0.1, 0.15) is 11.4 Å². The molecule has 2 heterocycles. The van der Waals surface area contributed by atoms with E-state index in [4.69, 9.17) is 0 Å². The van der Waals surface area contributed by atoms with Crippen LogP contribution in [0.15, 0.2) is 97.1 Å². The Morgan fingerprint density at radius 1 is 0.935 bits per heavy atom. The fourth-order valence-electron chi connectivity index (χ4n) is 3.02. The van der Waals surface area contributed by atoms with Gasteiger partial charge in [-0.25, -0.2) is 9.48 Å². The van der Waals surface area contributed by atoms with Gasteiger partial charge in [0.25, 0.3) is 5.91 Å². The summed E-state index contributed by atoms with van der Waals surface area (Å²) in [7, 11) is 0. The lowest BCUT2D eigenvalue weighted by molar-refractivity contribution is -0.132. The van der Waals surface area contributed by atoms with Crippen LogP contribution in [-0.2, 0) is 4.79 Å². The largest absolute Gasteiger partial charge is 0.477 e. The van der Waals surface area contributed by atoms with Crippen LogP contribution in [0.4, 0.5) is 0 Å². The van der Waals surface area contributed by atoms with E-state index in [-0.39, 0.29) is 5.70 Å². The lowest BCUT2D eigenvalue weighted by atomic mass is 10.1. The quantitative estimate of drug-likeness (QED) is 0.472. The van der Waals surface area contributed by atoms with E-state index >= 15 is 0 Å². The number of aromatic nitrogens is 3. The minimum atomic E-state index is -1.26. The normalized spacial score (nSPS) is 11.2. The second-order valence-electron chi connectivity index (χ2n) is 6.64. The number of para-hydroxylation sites is 1. The van der Waals surface area contributed by atoms with Gasteiger partial charge in [-0.1, -0.05) is 36.4 Å². The van der Waals surface area contributed by atoms with Gasteiger partial charge in [0.05, 0.1) is 5.69 Å². The van der Waals surface area contributed by atoms with Crippen molar-refractivity contribution in [1.29, 1.82) is 0 Å². The highest BCUT2D eigenvalue weighted by Gasteiger charge is 2.17. The molecule has 7 nitrogen and oxygen atoms in total. The summed E-state index contributed by atoms with van der Waals surface area (Å²) in [6, 6.07) is 21.5. The molecule has 2 N–H and O–H groups in total. The number of benzene rings is 2. The summed E-state index contributed by atoms with van der Waals surface area (Å²) in [5, 5.41) is 16.8. The van der Waals surface area contributed by atoms with Gasteiger partial charge in [-0.15, -0.1) is 0 Å². The summed E-state index contributed by atoms with van der Waals surface area (Å²) >= 11 is 0. The second kappa shape index (κ2) is 8.87. The number of amides is 1. The summed E-state index contributed by atoms with van der Waals surface area (Å²) in [6.45, 7) is 0. The molecule has 0 bridgehead atoms. The van der Waals surface area contributed by atoms with Gasteiger partial charge < -0.3 is 10.4 Å². The maximum Gasteiger partial charge on any atom is 0.352 e. The summed E-state index contributed by atoms with van der Waals surface area (Å²) in [5.41, 5.74) is 2.72. The Balaban J connectivity index is 1.77. The van der Waals surface area contributed by atoms with E-state index in [9.17, 15) is 14.7 Å². The lowest BCUT2D eigenvalue weighted by Crippen LogP contribution is -2.27. The Labute approximate surface area is 178 Å². The van der Waals surface area contributed by atoms with E-state index in [1.165, 1.54) is 6.08 Å². The fraction of sp³-hybridized carbons (Fsp3) is 0. The highest BCUT2D eigenvalue weighted by molar-refractivity contribution is 6.03. The van der Waals surface area contributed by atoms with Crippen molar-refractivity contribution in [2.45, 2.75) is 0 Å². The molecule has 4 rings (SSSR count). The number of hydrogen-bond acceptors (Lipinski definition) is 4. The summed E-state index contributed by atoms with van der Waals surface area (Å²) < 4.78 is 1.66. The monoisotopic (exact) mass is 410 g/mol. The second-order valence-corrected chi connectivity index (χ2v) is 6.64. The van der Waals surface area contributed by atoms with Crippen LogP contribution in [0.2, 0.25) is 0 Å². The Kier molecular flexibility index (Phi) is 5.66. The van der Waals surface area contributed by atoms with Crippen LogP contribution < -0.4 is 5.32 Å².